The van der Waals surface area contributed by atoms with Gasteiger partial charge in [-0.1, -0.05) is 24.4 Å². The number of halogens is 1. The van der Waals surface area contributed by atoms with Gasteiger partial charge in [-0.15, -0.1) is 0 Å². The molecule has 1 aliphatic rings. The number of ether oxygens (including phenoxy) is 1. The van der Waals surface area contributed by atoms with E-state index < -0.39 is 4.92 Å². The molecule has 5 heteroatoms. The predicted molar refractivity (Wildman–Crippen MR) is 65.2 cm³/mol. The Morgan fingerprint density at radius 1 is 1.41 bits per heavy atom. The predicted octanol–water partition coefficient (Wildman–Crippen LogP) is 3.71. The molecule has 0 spiro atoms. The van der Waals surface area contributed by atoms with Crippen LogP contribution in [0.25, 0.3) is 0 Å². The van der Waals surface area contributed by atoms with Crippen LogP contribution in [0.1, 0.15) is 31.2 Å². The Morgan fingerprint density at radius 3 is 2.76 bits per heavy atom. The maximum absolute atomic E-state index is 10.6. The van der Waals surface area contributed by atoms with Gasteiger partial charge in [0.25, 0.3) is 5.69 Å². The van der Waals surface area contributed by atoms with Crippen LogP contribution in [0, 0.1) is 10.1 Å². The summed E-state index contributed by atoms with van der Waals surface area (Å²) in [7, 11) is 0. The van der Waals surface area contributed by atoms with Gasteiger partial charge in [-0.3, -0.25) is 10.1 Å². The van der Waals surface area contributed by atoms with Gasteiger partial charge in [0.15, 0.2) is 0 Å². The zero-order chi connectivity index (χ0) is 12.3. The van der Waals surface area contributed by atoms with Gasteiger partial charge in [0.05, 0.1) is 17.6 Å². The van der Waals surface area contributed by atoms with Gasteiger partial charge >= 0.3 is 0 Å². The molecular formula is C12H14ClNO3. The third kappa shape index (κ3) is 3.17. The highest BCUT2D eigenvalue weighted by Gasteiger charge is 2.16. The molecule has 2 rings (SSSR count). The molecule has 4 nitrogen and oxygen atoms in total. The largest absolute Gasteiger partial charge is 0.373 e. The zero-order valence-corrected chi connectivity index (χ0v) is 10.2. The molecule has 0 bridgehead atoms. The fraction of sp³-hybridized carbons (Fsp3) is 0.500. The fourth-order valence-electron chi connectivity index (χ4n) is 2.05. The minimum Gasteiger partial charge on any atom is -0.373 e. The van der Waals surface area contributed by atoms with E-state index in [0.717, 1.165) is 12.8 Å². The van der Waals surface area contributed by atoms with Gasteiger partial charge in [-0.25, -0.2) is 0 Å². The number of nitro groups is 1. The average Bonchev–Trinajstić information content (AvgIpc) is 2.80. The molecule has 1 fully saturated rings. The summed E-state index contributed by atoms with van der Waals surface area (Å²) in [6, 6.07) is 4.44. The average molecular weight is 256 g/mol. The van der Waals surface area contributed by atoms with Crippen LogP contribution in [0.15, 0.2) is 18.2 Å². The molecule has 92 valence electrons. The van der Waals surface area contributed by atoms with E-state index in [-0.39, 0.29) is 11.8 Å². The lowest BCUT2D eigenvalue weighted by atomic mass is 10.2. The van der Waals surface area contributed by atoms with Crippen LogP contribution >= 0.6 is 11.6 Å². The van der Waals surface area contributed by atoms with Crippen molar-refractivity contribution in [2.45, 2.75) is 38.4 Å². The lowest BCUT2D eigenvalue weighted by Gasteiger charge is -2.11. The maximum atomic E-state index is 10.6. The van der Waals surface area contributed by atoms with Crippen molar-refractivity contribution < 1.29 is 9.66 Å². The molecule has 0 radical (unpaired) electrons. The summed E-state index contributed by atoms with van der Waals surface area (Å²) < 4.78 is 5.70. The van der Waals surface area contributed by atoms with Gasteiger partial charge < -0.3 is 4.74 Å². The standard InChI is InChI=1S/C12H14ClNO3/c13-12-6-5-10(14(15)16)7-9(12)8-17-11-3-1-2-4-11/h5-7,11H,1-4,8H2. The number of non-ortho nitro benzene ring substituents is 1. The minimum atomic E-state index is -0.421. The number of nitrogens with zero attached hydrogens (tertiary/aromatic N) is 1. The Bertz CT molecular complexity index is 416. The second kappa shape index (κ2) is 5.47. The lowest BCUT2D eigenvalue weighted by molar-refractivity contribution is -0.385. The summed E-state index contributed by atoms with van der Waals surface area (Å²) in [6.07, 6.45) is 4.84. The molecule has 0 atom stereocenters. The highest BCUT2D eigenvalue weighted by molar-refractivity contribution is 6.31. The summed E-state index contributed by atoms with van der Waals surface area (Å²) in [5.41, 5.74) is 0.743. The summed E-state index contributed by atoms with van der Waals surface area (Å²) in [4.78, 5) is 10.2. The van der Waals surface area contributed by atoms with Gasteiger partial charge in [0.2, 0.25) is 0 Å². The van der Waals surface area contributed by atoms with Gasteiger partial charge in [0.1, 0.15) is 0 Å². The Kier molecular flexibility index (Phi) is 3.97. The Morgan fingerprint density at radius 2 is 2.12 bits per heavy atom. The third-order valence-corrected chi connectivity index (χ3v) is 3.39. The number of hydrogen-bond acceptors (Lipinski definition) is 3. The van der Waals surface area contributed by atoms with Crippen LogP contribution < -0.4 is 0 Å². The first-order valence-corrected chi connectivity index (χ1v) is 6.09. The second-order valence-corrected chi connectivity index (χ2v) is 4.66. The van der Waals surface area contributed by atoms with E-state index in [4.69, 9.17) is 16.3 Å². The summed E-state index contributed by atoms with van der Waals surface area (Å²) >= 11 is 5.98. The maximum Gasteiger partial charge on any atom is 0.269 e. The Balaban J connectivity index is 2.03. The monoisotopic (exact) mass is 255 g/mol. The summed E-state index contributed by atoms with van der Waals surface area (Å²) in [5, 5.41) is 11.2. The van der Waals surface area contributed by atoms with Gasteiger partial charge in [-0.05, 0) is 18.9 Å². The normalized spacial score (nSPS) is 16.3. The van der Waals surface area contributed by atoms with Crippen molar-refractivity contribution in [3.8, 4) is 0 Å². The van der Waals surface area contributed by atoms with Gasteiger partial charge in [-0.2, -0.15) is 0 Å². The molecular weight excluding hydrogens is 242 g/mol. The molecule has 0 heterocycles. The first-order chi connectivity index (χ1) is 8.16. The second-order valence-electron chi connectivity index (χ2n) is 4.25. The molecule has 0 amide bonds. The van der Waals surface area contributed by atoms with E-state index in [0.29, 0.717) is 17.2 Å². The van der Waals surface area contributed by atoms with Crippen molar-refractivity contribution in [2.24, 2.45) is 0 Å². The van der Waals surface area contributed by atoms with Crippen LogP contribution in [0.2, 0.25) is 5.02 Å². The number of rotatable bonds is 4. The van der Waals surface area contributed by atoms with Crippen molar-refractivity contribution in [1.29, 1.82) is 0 Å². The molecule has 1 aromatic carbocycles. The topological polar surface area (TPSA) is 52.4 Å². The van der Waals surface area contributed by atoms with E-state index in [1.165, 1.54) is 25.0 Å². The smallest absolute Gasteiger partial charge is 0.269 e. The Labute approximate surface area is 105 Å². The zero-order valence-electron chi connectivity index (χ0n) is 9.39. The van der Waals surface area contributed by atoms with E-state index in [1.807, 2.05) is 0 Å². The molecule has 1 aliphatic carbocycles. The van der Waals surface area contributed by atoms with E-state index in [2.05, 4.69) is 0 Å². The van der Waals surface area contributed by atoms with E-state index >= 15 is 0 Å². The number of hydrogen-bond donors (Lipinski definition) is 0. The first-order valence-electron chi connectivity index (χ1n) is 5.71. The van der Waals surface area contributed by atoms with Crippen molar-refractivity contribution in [3.05, 3.63) is 38.9 Å². The lowest BCUT2D eigenvalue weighted by Crippen LogP contribution is -2.07. The Hall–Kier alpha value is -1.13. The summed E-state index contributed by atoms with van der Waals surface area (Å²) in [5.74, 6) is 0. The number of nitro benzene ring substituents is 1. The van der Waals surface area contributed by atoms with Crippen molar-refractivity contribution in [3.63, 3.8) is 0 Å². The van der Waals surface area contributed by atoms with Crippen LogP contribution in [-0.2, 0) is 11.3 Å². The summed E-state index contributed by atoms with van der Waals surface area (Å²) in [6.45, 7) is 0.352. The molecule has 0 unspecified atom stereocenters. The van der Waals surface area contributed by atoms with Crippen molar-refractivity contribution in [2.75, 3.05) is 0 Å². The first kappa shape index (κ1) is 12.3. The molecule has 17 heavy (non-hydrogen) atoms. The molecule has 0 aliphatic heterocycles. The number of benzene rings is 1. The van der Waals surface area contributed by atoms with Crippen molar-refractivity contribution >= 4 is 17.3 Å². The van der Waals surface area contributed by atoms with Crippen LogP contribution in [0.5, 0.6) is 0 Å². The van der Waals surface area contributed by atoms with Gasteiger partial charge in [0, 0.05) is 22.7 Å². The molecule has 0 aromatic heterocycles. The third-order valence-electron chi connectivity index (χ3n) is 3.02. The highest BCUT2D eigenvalue weighted by atomic mass is 35.5. The van der Waals surface area contributed by atoms with Crippen LogP contribution in [0.3, 0.4) is 0 Å². The fourth-order valence-corrected chi connectivity index (χ4v) is 2.22. The van der Waals surface area contributed by atoms with E-state index in [9.17, 15) is 10.1 Å². The highest BCUT2D eigenvalue weighted by Crippen LogP contribution is 2.26. The molecule has 1 saturated carbocycles. The van der Waals surface area contributed by atoms with Crippen LogP contribution in [-0.4, -0.2) is 11.0 Å². The minimum absolute atomic E-state index is 0.0550. The molecule has 0 saturated heterocycles. The SMILES string of the molecule is O=[N+]([O-])c1ccc(Cl)c(COC2CCCC2)c1. The van der Waals surface area contributed by atoms with E-state index in [1.54, 1.807) is 6.07 Å². The van der Waals surface area contributed by atoms with Crippen molar-refractivity contribution in [1.82, 2.24) is 0 Å². The quantitative estimate of drug-likeness (QED) is 0.609. The molecule has 0 N–H and O–H groups in total. The van der Waals surface area contributed by atoms with Crippen LogP contribution in [0.4, 0.5) is 5.69 Å². The molecule has 1 aromatic rings.